The summed E-state index contributed by atoms with van der Waals surface area (Å²) in [6.45, 7) is 0.254. The van der Waals surface area contributed by atoms with E-state index in [-0.39, 0.29) is 23.6 Å². The lowest BCUT2D eigenvalue weighted by Crippen LogP contribution is -2.17. The molecule has 2 N–H and O–H groups in total. The lowest BCUT2D eigenvalue weighted by Gasteiger charge is -2.12. The molecule has 1 heterocycles. The van der Waals surface area contributed by atoms with Crippen molar-refractivity contribution in [3.63, 3.8) is 0 Å². The first-order valence-corrected chi connectivity index (χ1v) is 5.47. The maximum Gasteiger partial charge on any atom is 0.307 e. The first-order valence-electron chi connectivity index (χ1n) is 5.09. The molecule has 0 amide bonds. The van der Waals surface area contributed by atoms with Gasteiger partial charge in [-0.25, -0.2) is 8.78 Å². The number of halogens is 3. The Hall–Kier alpha value is -1.20. The quantitative estimate of drug-likeness (QED) is 0.804. The van der Waals surface area contributed by atoms with E-state index in [1.165, 1.54) is 0 Å². The van der Waals surface area contributed by atoms with Gasteiger partial charge in [0.25, 0.3) is 0 Å². The molecule has 17 heavy (non-hydrogen) atoms. The first kappa shape index (κ1) is 12.3. The number of carbonyl (C=O) groups is 1. The molecule has 2 unspecified atom stereocenters. The van der Waals surface area contributed by atoms with Crippen molar-refractivity contribution in [1.29, 1.82) is 0 Å². The summed E-state index contributed by atoms with van der Waals surface area (Å²) in [5, 5.41) is 11.4. The summed E-state index contributed by atoms with van der Waals surface area (Å²) in [6.07, 6.45) is 0.243. The second-order valence-corrected chi connectivity index (χ2v) is 4.43. The number of hydrogen-bond acceptors (Lipinski definition) is 2. The van der Waals surface area contributed by atoms with E-state index >= 15 is 0 Å². The molecular weight excluding hydrogens is 252 g/mol. The predicted octanol–water partition coefficient (Wildman–Crippen LogP) is 2.35. The highest BCUT2D eigenvalue weighted by atomic mass is 35.5. The minimum atomic E-state index is -0.935. The highest BCUT2D eigenvalue weighted by molar-refractivity contribution is 6.30. The SMILES string of the molecule is O=C(O)C1CNC(c2cc(F)c(Cl)cc2F)C1. The summed E-state index contributed by atoms with van der Waals surface area (Å²) in [6, 6.07) is 1.43. The highest BCUT2D eigenvalue weighted by Gasteiger charge is 2.31. The fourth-order valence-corrected chi connectivity index (χ4v) is 2.12. The van der Waals surface area contributed by atoms with Gasteiger partial charge in [-0.05, 0) is 18.6 Å². The van der Waals surface area contributed by atoms with Crippen LogP contribution in [0.4, 0.5) is 8.78 Å². The first-order chi connectivity index (χ1) is 7.99. The van der Waals surface area contributed by atoms with E-state index in [1.807, 2.05) is 0 Å². The third kappa shape index (κ3) is 2.40. The van der Waals surface area contributed by atoms with Crippen molar-refractivity contribution in [2.24, 2.45) is 5.92 Å². The van der Waals surface area contributed by atoms with E-state index in [0.717, 1.165) is 12.1 Å². The van der Waals surface area contributed by atoms with Gasteiger partial charge >= 0.3 is 5.97 Å². The average molecular weight is 262 g/mol. The minimum Gasteiger partial charge on any atom is -0.481 e. The molecule has 0 spiro atoms. The van der Waals surface area contributed by atoms with Gasteiger partial charge < -0.3 is 10.4 Å². The highest BCUT2D eigenvalue weighted by Crippen LogP contribution is 2.31. The van der Waals surface area contributed by atoms with Crippen molar-refractivity contribution >= 4 is 17.6 Å². The summed E-state index contributed by atoms with van der Waals surface area (Å²) in [4.78, 5) is 10.8. The van der Waals surface area contributed by atoms with Crippen LogP contribution in [0.2, 0.25) is 5.02 Å². The van der Waals surface area contributed by atoms with Crippen molar-refractivity contribution in [2.75, 3.05) is 6.54 Å². The summed E-state index contributed by atoms with van der Waals surface area (Å²) >= 11 is 5.44. The van der Waals surface area contributed by atoms with E-state index in [2.05, 4.69) is 5.32 Å². The molecule has 0 aromatic heterocycles. The molecule has 1 saturated heterocycles. The minimum absolute atomic E-state index is 0.121. The topological polar surface area (TPSA) is 49.3 Å². The van der Waals surface area contributed by atoms with E-state index in [0.29, 0.717) is 0 Å². The molecule has 1 fully saturated rings. The van der Waals surface area contributed by atoms with Crippen LogP contribution >= 0.6 is 11.6 Å². The van der Waals surface area contributed by atoms with Gasteiger partial charge in [-0.1, -0.05) is 11.6 Å². The van der Waals surface area contributed by atoms with Crippen molar-refractivity contribution in [2.45, 2.75) is 12.5 Å². The van der Waals surface area contributed by atoms with Crippen LogP contribution in [-0.2, 0) is 4.79 Å². The Bertz CT molecular complexity index is 467. The van der Waals surface area contributed by atoms with Gasteiger partial charge in [-0.3, -0.25) is 4.79 Å². The lowest BCUT2D eigenvalue weighted by molar-refractivity contribution is -0.141. The monoisotopic (exact) mass is 261 g/mol. The van der Waals surface area contributed by atoms with Gasteiger partial charge in [0, 0.05) is 18.2 Å². The Morgan fingerprint density at radius 1 is 1.41 bits per heavy atom. The van der Waals surface area contributed by atoms with Crippen molar-refractivity contribution in [3.05, 3.63) is 34.4 Å². The van der Waals surface area contributed by atoms with Crippen LogP contribution in [0, 0.1) is 17.6 Å². The number of hydrogen-bond donors (Lipinski definition) is 2. The van der Waals surface area contributed by atoms with Crippen molar-refractivity contribution in [1.82, 2.24) is 5.32 Å². The van der Waals surface area contributed by atoms with E-state index in [9.17, 15) is 13.6 Å². The predicted molar refractivity (Wildman–Crippen MR) is 57.9 cm³/mol. The lowest BCUT2D eigenvalue weighted by atomic mass is 9.99. The molecule has 92 valence electrons. The largest absolute Gasteiger partial charge is 0.481 e. The summed E-state index contributed by atoms with van der Waals surface area (Å²) in [5.41, 5.74) is 0.121. The van der Waals surface area contributed by atoms with Gasteiger partial charge in [0.1, 0.15) is 11.6 Å². The second-order valence-electron chi connectivity index (χ2n) is 4.02. The van der Waals surface area contributed by atoms with E-state index in [1.54, 1.807) is 0 Å². The fraction of sp³-hybridized carbons (Fsp3) is 0.364. The van der Waals surface area contributed by atoms with Crippen LogP contribution in [-0.4, -0.2) is 17.6 Å². The van der Waals surface area contributed by atoms with Gasteiger partial charge in [0.2, 0.25) is 0 Å². The molecular formula is C11H10ClF2NO2. The summed E-state index contributed by atoms with van der Waals surface area (Å²) in [7, 11) is 0. The van der Waals surface area contributed by atoms with Crippen LogP contribution in [0.1, 0.15) is 18.0 Å². The van der Waals surface area contributed by atoms with Crippen LogP contribution < -0.4 is 5.32 Å². The Kier molecular flexibility index (Phi) is 3.31. The van der Waals surface area contributed by atoms with Crippen LogP contribution in [0.3, 0.4) is 0 Å². The molecule has 0 bridgehead atoms. The van der Waals surface area contributed by atoms with Crippen LogP contribution in [0.25, 0.3) is 0 Å². The molecule has 0 aliphatic carbocycles. The Morgan fingerprint density at radius 2 is 2.12 bits per heavy atom. The van der Waals surface area contributed by atoms with Gasteiger partial charge in [0.05, 0.1) is 10.9 Å². The molecule has 1 aliphatic heterocycles. The summed E-state index contributed by atoms with van der Waals surface area (Å²) < 4.78 is 26.8. The maximum atomic E-state index is 13.6. The molecule has 0 radical (unpaired) electrons. The number of nitrogens with one attached hydrogen (secondary N) is 1. The van der Waals surface area contributed by atoms with E-state index < -0.39 is 29.6 Å². The van der Waals surface area contributed by atoms with Crippen LogP contribution in [0.5, 0.6) is 0 Å². The normalized spacial score (nSPS) is 23.9. The van der Waals surface area contributed by atoms with Crippen molar-refractivity contribution in [3.8, 4) is 0 Å². The molecule has 1 aliphatic rings. The number of aliphatic carboxylic acids is 1. The second kappa shape index (κ2) is 4.58. The number of rotatable bonds is 2. The zero-order chi connectivity index (χ0) is 12.6. The number of carboxylic acid groups (broad SMARTS) is 1. The zero-order valence-corrected chi connectivity index (χ0v) is 9.47. The number of benzene rings is 1. The molecule has 0 saturated carbocycles. The van der Waals surface area contributed by atoms with Crippen LogP contribution in [0.15, 0.2) is 12.1 Å². The molecule has 3 nitrogen and oxygen atoms in total. The van der Waals surface area contributed by atoms with E-state index in [4.69, 9.17) is 16.7 Å². The molecule has 1 aromatic carbocycles. The Balaban J connectivity index is 2.24. The fourth-order valence-electron chi connectivity index (χ4n) is 1.97. The van der Waals surface area contributed by atoms with Crippen molar-refractivity contribution < 1.29 is 18.7 Å². The Labute approximate surface area is 101 Å². The number of carboxylic acids is 1. The van der Waals surface area contributed by atoms with Gasteiger partial charge in [-0.15, -0.1) is 0 Å². The smallest absolute Gasteiger partial charge is 0.307 e. The third-order valence-corrected chi connectivity index (χ3v) is 3.18. The summed E-state index contributed by atoms with van der Waals surface area (Å²) in [5.74, 6) is -2.84. The van der Waals surface area contributed by atoms with Gasteiger partial charge in [-0.2, -0.15) is 0 Å². The van der Waals surface area contributed by atoms with Gasteiger partial charge in [0.15, 0.2) is 0 Å². The molecule has 1 aromatic rings. The zero-order valence-electron chi connectivity index (χ0n) is 8.71. The molecule has 6 heteroatoms. The standard InChI is InChI=1S/C11H10ClF2NO2/c12-7-3-8(13)6(2-9(7)14)10-1-5(4-15-10)11(16)17/h2-3,5,10,15H,1,4H2,(H,16,17). The average Bonchev–Trinajstić information content (AvgIpc) is 2.72. The molecule has 2 atom stereocenters. The maximum absolute atomic E-state index is 13.6. The Morgan fingerprint density at radius 3 is 2.71 bits per heavy atom. The molecule has 2 rings (SSSR count). The third-order valence-electron chi connectivity index (χ3n) is 2.90.